The van der Waals surface area contributed by atoms with Gasteiger partial charge in [-0.1, -0.05) is 25.5 Å². The minimum absolute atomic E-state index is 0.210. The highest BCUT2D eigenvalue weighted by Crippen LogP contribution is 2.22. The predicted octanol–water partition coefficient (Wildman–Crippen LogP) is 3.35. The zero-order valence-electron chi connectivity index (χ0n) is 14.7. The molecule has 3 nitrogen and oxygen atoms in total. The lowest BCUT2D eigenvalue weighted by Crippen LogP contribution is -2.50. The van der Waals surface area contributed by atoms with Crippen LogP contribution in [0.5, 0.6) is 0 Å². The van der Waals surface area contributed by atoms with Gasteiger partial charge in [0.2, 0.25) is 5.91 Å². The lowest BCUT2D eigenvalue weighted by atomic mass is 9.89. The van der Waals surface area contributed by atoms with Crippen molar-refractivity contribution in [3.8, 4) is 0 Å². The molecule has 1 aliphatic heterocycles. The molecule has 0 spiro atoms. The topological polar surface area (TPSA) is 32.3 Å². The van der Waals surface area contributed by atoms with Crippen LogP contribution in [0.4, 0.5) is 0 Å². The second kappa shape index (κ2) is 7.28. The number of piperidine rings is 1. The third-order valence-electron chi connectivity index (χ3n) is 5.21. The number of nitrogens with one attached hydrogen (secondary N) is 1. The molecular formula is C19H30N2O. The van der Waals surface area contributed by atoms with E-state index in [9.17, 15) is 4.79 Å². The van der Waals surface area contributed by atoms with E-state index >= 15 is 0 Å². The number of hydrogen-bond acceptors (Lipinski definition) is 2. The quantitative estimate of drug-likeness (QED) is 0.925. The predicted molar refractivity (Wildman–Crippen MR) is 91.9 cm³/mol. The average molecular weight is 302 g/mol. The van der Waals surface area contributed by atoms with Crippen molar-refractivity contribution in [1.82, 2.24) is 10.2 Å². The number of nitrogens with zero attached hydrogens (tertiary/aromatic N) is 1. The Hall–Kier alpha value is -1.35. The Kier molecular flexibility index (Phi) is 5.63. The number of carbonyl (C=O) groups is 1. The lowest BCUT2D eigenvalue weighted by molar-refractivity contribution is -0.131. The molecule has 1 amide bonds. The first-order valence-electron chi connectivity index (χ1n) is 8.48. The molecule has 2 rings (SSSR count). The van der Waals surface area contributed by atoms with E-state index in [1.165, 1.54) is 22.3 Å². The fourth-order valence-electron chi connectivity index (χ4n) is 3.45. The Labute approximate surface area is 135 Å². The van der Waals surface area contributed by atoms with E-state index in [2.05, 4.69) is 45.1 Å². The van der Waals surface area contributed by atoms with E-state index in [1.54, 1.807) is 6.92 Å². The van der Waals surface area contributed by atoms with Gasteiger partial charge >= 0.3 is 0 Å². The number of benzene rings is 1. The Morgan fingerprint density at radius 3 is 2.55 bits per heavy atom. The average Bonchev–Trinajstić information content (AvgIpc) is 2.49. The van der Waals surface area contributed by atoms with Crippen LogP contribution < -0.4 is 5.32 Å². The van der Waals surface area contributed by atoms with Crippen LogP contribution in [0.1, 0.15) is 48.9 Å². The SMILES string of the molecule is CC[C@H]1CN(C(C)=O)CC[C@@H]1NCc1cc(C)c(C)cc1C. The van der Waals surface area contributed by atoms with Crippen molar-refractivity contribution < 1.29 is 4.79 Å². The summed E-state index contributed by atoms with van der Waals surface area (Å²) in [5.74, 6) is 0.770. The van der Waals surface area contributed by atoms with E-state index in [4.69, 9.17) is 0 Å². The van der Waals surface area contributed by atoms with Crippen molar-refractivity contribution >= 4 is 5.91 Å². The maximum atomic E-state index is 11.6. The molecule has 1 fully saturated rings. The first-order chi connectivity index (χ1) is 10.4. The molecule has 1 heterocycles. The highest BCUT2D eigenvalue weighted by Gasteiger charge is 2.28. The van der Waals surface area contributed by atoms with Gasteiger partial charge in [-0.3, -0.25) is 4.79 Å². The number of aryl methyl sites for hydroxylation is 3. The maximum Gasteiger partial charge on any atom is 0.219 e. The molecule has 0 aliphatic carbocycles. The van der Waals surface area contributed by atoms with E-state index < -0.39 is 0 Å². The summed E-state index contributed by atoms with van der Waals surface area (Å²) in [5, 5.41) is 3.75. The zero-order chi connectivity index (χ0) is 16.3. The fraction of sp³-hybridized carbons (Fsp3) is 0.632. The summed E-state index contributed by atoms with van der Waals surface area (Å²) in [6.45, 7) is 13.2. The van der Waals surface area contributed by atoms with Gasteiger partial charge in [0.15, 0.2) is 0 Å². The Balaban J connectivity index is 1.99. The van der Waals surface area contributed by atoms with Crippen LogP contribution in [0.25, 0.3) is 0 Å². The number of likely N-dealkylation sites (tertiary alicyclic amines) is 1. The molecule has 0 saturated carbocycles. The third kappa shape index (κ3) is 3.89. The summed E-state index contributed by atoms with van der Waals surface area (Å²) in [7, 11) is 0. The molecule has 122 valence electrons. The highest BCUT2D eigenvalue weighted by atomic mass is 16.2. The van der Waals surface area contributed by atoms with Crippen molar-refractivity contribution in [2.24, 2.45) is 5.92 Å². The molecule has 1 N–H and O–H groups in total. The van der Waals surface area contributed by atoms with Gasteiger partial charge < -0.3 is 10.2 Å². The van der Waals surface area contributed by atoms with Gasteiger partial charge in [0.05, 0.1) is 0 Å². The van der Waals surface area contributed by atoms with Gasteiger partial charge in [-0.2, -0.15) is 0 Å². The molecule has 1 saturated heterocycles. The van der Waals surface area contributed by atoms with Crippen LogP contribution in [0.2, 0.25) is 0 Å². The number of carbonyl (C=O) groups excluding carboxylic acids is 1. The summed E-state index contributed by atoms with van der Waals surface area (Å²) >= 11 is 0. The van der Waals surface area contributed by atoms with Crippen LogP contribution in [-0.4, -0.2) is 29.9 Å². The van der Waals surface area contributed by atoms with E-state index in [-0.39, 0.29) is 5.91 Å². The highest BCUT2D eigenvalue weighted by molar-refractivity contribution is 5.73. The molecular weight excluding hydrogens is 272 g/mol. The molecule has 0 bridgehead atoms. The van der Waals surface area contributed by atoms with Gasteiger partial charge in [0, 0.05) is 32.6 Å². The maximum absolute atomic E-state index is 11.6. The molecule has 0 radical (unpaired) electrons. The van der Waals surface area contributed by atoms with E-state index in [0.717, 1.165) is 32.5 Å². The monoisotopic (exact) mass is 302 g/mol. The number of hydrogen-bond donors (Lipinski definition) is 1. The largest absolute Gasteiger partial charge is 0.343 e. The summed E-state index contributed by atoms with van der Waals surface area (Å²) < 4.78 is 0. The van der Waals surface area contributed by atoms with Crippen LogP contribution in [0, 0.1) is 26.7 Å². The second-order valence-electron chi connectivity index (χ2n) is 6.77. The molecule has 0 aromatic heterocycles. The molecule has 2 atom stereocenters. The molecule has 1 aromatic carbocycles. The molecule has 22 heavy (non-hydrogen) atoms. The van der Waals surface area contributed by atoms with Crippen molar-refractivity contribution in [2.75, 3.05) is 13.1 Å². The molecule has 0 unspecified atom stereocenters. The summed E-state index contributed by atoms with van der Waals surface area (Å²) in [6.07, 6.45) is 2.18. The Morgan fingerprint density at radius 1 is 1.23 bits per heavy atom. The fourth-order valence-corrected chi connectivity index (χ4v) is 3.45. The first kappa shape index (κ1) is 17.0. The van der Waals surface area contributed by atoms with Gasteiger partial charge in [-0.05, 0) is 55.4 Å². The van der Waals surface area contributed by atoms with Crippen LogP contribution in [0.3, 0.4) is 0 Å². The van der Waals surface area contributed by atoms with Crippen LogP contribution in [-0.2, 0) is 11.3 Å². The summed E-state index contributed by atoms with van der Waals surface area (Å²) in [6, 6.07) is 5.10. The standard InChI is InChI=1S/C19H30N2O/c1-6-17-12-21(16(5)22)8-7-19(17)20-11-18-10-14(3)13(2)9-15(18)4/h9-10,17,19-20H,6-8,11-12H2,1-5H3/t17-,19-/m0/s1. The van der Waals surface area contributed by atoms with Crippen molar-refractivity contribution in [3.05, 3.63) is 34.4 Å². The van der Waals surface area contributed by atoms with Crippen LogP contribution >= 0.6 is 0 Å². The minimum atomic E-state index is 0.210. The number of amides is 1. The smallest absolute Gasteiger partial charge is 0.219 e. The molecule has 3 heteroatoms. The minimum Gasteiger partial charge on any atom is -0.343 e. The van der Waals surface area contributed by atoms with E-state index in [1.807, 2.05) is 4.90 Å². The Morgan fingerprint density at radius 2 is 1.91 bits per heavy atom. The Bertz CT molecular complexity index is 538. The van der Waals surface area contributed by atoms with Crippen LogP contribution in [0.15, 0.2) is 12.1 Å². The summed E-state index contributed by atoms with van der Waals surface area (Å²) in [4.78, 5) is 13.6. The molecule has 1 aromatic rings. The lowest BCUT2D eigenvalue weighted by Gasteiger charge is -2.38. The van der Waals surface area contributed by atoms with Gasteiger partial charge in [0.1, 0.15) is 0 Å². The number of rotatable bonds is 4. The third-order valence-corrected chi connectivity index (χ3v) is 5.21. The van der Waals surface area contributed by atoms with Gasteiger partial charge in [-0.25, -0.2) is 0 Å². The van der Waals surface area contributed by atoms with E-state index in [0.29, 0.717) is 12.0 Å². The molecule has 1 aliphatic rings. The normalized spacial score (nSPS) is 22.0. The van der Waals surface area contributed by atoms with Crippen molar-refractivity contribution in [1.29, 1.82) is 0 Å². The van der Waals surface area contributed by atoms with Crippen molar-refractivity contribution in [3.63, 3.8) is 0 Å². The zero-order valence-corrected chi connectivity index (χ0v) is 14.7. The first-order valence-corrected chi connectivity index (χ1v) is 8.48. The van der Waals surface area contributed by atoms with Gasteiger partial charge in [0.25, 0.3) is 0 Å². The summed E-state index contributed by atoms with van der Waals surface area (Å²) in [5.41, 5.74) is 5.49. The van der Waals surface area contributed by atoms with Gasteiger partial charge in [-0.15, -0.1) is 0 Å². The second-order valence-corrected chi connectivity index (χ2v) is 6.77. The van der Waals surface area contributed by atoms with Crippen molar-refractivity contribution in [2.45, 2.75) is 60.0 Å².